The Morgan fingerprint density at radius 2 is 2.07 bits per heavy atom. The van der Waals surface area contributed by atoms with E-state index in [9.17, 15) is 27.2 Å². The van der Waals surface area contributed by atoms with E-state index in [1.54, 1.807) is 0 Å². The molecule has 0 spiro atoms. The molecule has 2 heterocycles. The number of fused-ring (bicyclic) bond motifs is 1. The number of aromatic nitrogens is 2. The van der Waals surface area contributed by atoms with E-state index < -0.39 is 34.8 Å². The molecule has 0 radical (unpaired) electrons. The first-order valence-electron chi connectivity index (χ1n) is 8.84. The number of nitrogens with zero attached hydrogens (tertiary/aromatic N) is 2. The molecule has 156 valence electrons. The van der Waals surface area contributed by atoms with Crippen molar-refractivity contribution in [3.05, 3.63) is 51.8 Å². The topological polar surface area (TPSA) is 99.2 Å². The van der Waals surface area contributed by atoms with Crippen LogP contribution < -0.4 is 16.6 Å². The van der Waals surface area contributed by atoms with Crippen LogP contribution in [0.4, 0.5) is 33.9 Å². The number of amides is 1. The van der Waals surface area contributed by atoms with Gasteiger partial charge in [0.1, 0.15) is 5.82 Å². The van der Waals surface area contributed by atoms with Crippen LogP contribution in [0.25, 0.3) is 0 Å². The molecule has 1 atom stereocenters. The number of halogens is 4. The Bertz CT molecular complexity index is 1160. The van der Waals surface area contributed by atoms with Crippen LogP contribution in [-0.4, -0.2) is 21.8 Å². The Kier molecular flexibility index (Phi) is 4.45. The molecule has 30 heavy (non-hydrogen) atoms. The summed E-state index contributed by atoms with van der Waals surface area (Å²) in [4.78, 5) is 27.5. The molecule has 2 aromatic rings. The van der Waals surface area contributed by atoms with Gasteiger partial charge in [-0.2, -0.15) is 13.2 Å². The van der Waals surface area contributed by atoms with Crippen molar-refractivity contribution in [3.8, 4) is 11.8 Å². The Hall–Kier alpha value is -3.55. The van der Waals surface area contributed by atoms with Crippen LogP contribution in [0, 0.1) is 23.6 Å². The van der Waals surface area contributed by atoms with Gasteiger partial charge in [-0.25, -0.2) is 14.2 Å². The smallest absolute Gasteiger partial charge is 0.415 e. The van der Waals surface area contributed by atoms with Crippen molar-refractivity contribution in [2.45, 2.75) is 31.2 Å². The summed E-state index contributed by atoms with van der Waals surface area (Å²) in [5.41, 5.74) is 0.345. The molecule has 1 fully saturated rings. The maximum absolute atomic E-state index is 14.8. The van der Waals surface area contributed by atoms with Crippen molar-refractivity contribution in [3.63, 3.8) is 0 Å². The standard InChI is InChI=1S/C19H14F4N4O3/c20-13-8-12-14(7-11(13)9-27-6-5-25-15(24)16(27)28)26-17(29)30-18(12,19(21,22)23)4-3-10-1-2-10/h5-8,10H,1-2,9H2,(H2,24,25)(H,26,29)/t18-/m0/s1. The quantitative estimate of drug-likeness (QED) is 0.573. The molecule has 3 N–H and O–H groups in total. The maximum atomic E-state index is 14.8. The lowest BCUT2D eigenvalue weighted by Crippen LogP contribution is -2.49. The number of nitrogens with one attached hydrogen (secondary N) is 1. The zero-order chi connectivity index (χ0) is 21.7. The number of cyclic esters (lactones) is 1. The predicted molar refractivity (Wildman–Crippen MR) is 96.7 cm³/mol. The summed E-state index contributed by atoms with van der Waals surface area (Å²) in [6.45, 7) is -0.339. The summed E-state index contributed by atoms with van der Waals surface area (Å²) < 4.78 is 62.4. The summed E-state index contributed by atoms with van der Waals surface area (Å²) in [6.07, 6.45) is -2.70. The largest absolute Gasteiger partial charge is 0.445 e. The van der Waals surface area contributed by atoms with Crippen molar-refractivity contribution in [2.24, 2.45) is 5.92 Å². The van der Waals surface area contributed by atoms with Gasteiger partial charge in [0.15, 0.2) is 5.82 Å². The van der Waals surface area contributed by atoms with Crippen molar-refractivity contribution >= 4 is 17.6 Å². The van der Waals surface area contributed by atoms with E-state index >= 15 is 0 Å². The Morgan fingerprint density at radius 1 is 1.33 bits per heavy atom. The second-order valence-corrected chi connectivity index (χ2v) is 6.97. The summed E-state index contributed by atoms with van der Waals surface area (Å²) in [5.74, 6) is 2.93. The monoisotopic (exact) mass is 422 g/mol. The van der Waals surface area contributed by atoms with Gasteiger partial charge in [0.2, 0.25) is 0 Å². The van der Waals surface area contributed by atoms with Gasteiger partial charge in [0.25, 0.3) is 11.2 Å². The Labute approximate surface area is 166 Å². The van der Waals surface area contributed by atoms with Crippen LogP contribution in [-0.2, 0) is 16.9 Å². The van der Waals surface area contributed by atoms with Crippen molar-refractivity contribution < 1.29 is 27.1 Å². The first kappa shape index (κ1) is 19.8. The molecule has 0 saturated heterocycles. The minimum Gasteiger partial charge on any atom is -0.415 e. The molecule has 7 nitrogen and oxygen atoms in total. The summed E-state index contributed by atoms with van der Waals surface area (Å²) >= 11 is 0. The third kappa shape index (κ3) is 3.34. The molecule has 0 bridgehead atoms. The molecule has 1 amide bonds. The average molecular weight is 422 g/mol. The highest BCUT2D eigenvalue weighted by molar-refractivity contribution is 5.90. The third-order valence-electron chi connectivity index (χ3n) is 4.76. The molecule has 1 aliphatic carbocycles. The number of carbonyl (C=O) groups excluding carboxylic acids is 1. The molecule has 2 aliphatic rings. The molecule has 1 aromatic heterocycles. The Balaban J connectivity index is 1.84. The lowest BCUT2D eigenvalue weighted by molar-refractivity contribution is -0.239. The second kappa shape index (κ2) is 6.76. The lowest BCUT2D eigenvalue weighted by atomic mass is 9.89. The number of nitrogens with two attached hydrogens (primary N) is 1. The highest BCUT2D eigenvalue weighted by Crippen LogP contribution is 2.48. The van der Waals surface area contributed by atoms with Crippen LogP contribution in [0.5, 0.6) is 0 Å². The second-order valence-electron chi connectivity index (χ2n) is 6.97. The molecule has 4 rings (SSSR count). The maximum Gasteiger partial charge on any atom is 0.445 e. The average Bonchev–Trinajstić information content (AvgIpc) is 3.48. The van der Waals surface area contributed by atoms with Gasteiger partial charge < -0.3 is 15.0 Å². The van der Waals surface area contributed by atoms with E-state index in [4.69, 9.17) is 5.73 Å². The summed E-state index contributed by atoms with van der Waals surface area (Å²) in [7, 11) is 0. The van der Waals surface area contributed by atoms with E-state index in [1.165, 1.54) is 12.4 Å². The number of alkyl halides is 3. The van der Waals surface area contributed by atoms with Crippen LogP contribution in [0.15, 0.2) is 29.3 Å². The van der Waals surface area contributed by atoms with E-state index in [0.29, 0.717) is 18.9 Å². The van der Waals surface area contributed by atoms with E-state index in [2.05, 4.69) is 21.0 Å². The SMILES string of the molecule is Nc1nccn(Cc2cc3c(cc2F)[C@@](C#CC2CC2)(C(F)(F)F)OC(=O)N3)c1=O. The van der Waals surface area contributed by atoms with E-state index in [1.807, 2.05) is 5.92 Å². The van der Waals surface area contributed by atoms with Gasteiger partial charge in [-0.3, -0.25) is 10.1 Å². The summed E-state index contributed by atoms with van der Waals surface area (Å²) in [6, 6.07) is 1.64. The van der Waals surface area contributed by atoms with Crippen molar-refractivity contribution in [1.29, 1.82) is 0 Å². The van der Waals surface area contributed by atoms with Gasteiger partial charge in [0, 0.05) is 29.4 Å². The normalized spacial score (nSPS) is 20.5. The number of nitrogen functional groups attached to an aromatic ring is 1. The van der Waals surface area contributed by atoms with E-state index in [-0.39, 0.29) is 29.5 Å². The molecule has 1 aromatic carbocycles. The predicted octanol–water partition coefficient (Wildman–Crippen LogP) is 2.75. The molecule has 1 saturated carbocycles. The van der Waals surface area contributed by atoms with Gasteiger partial charge in [-0.1, -0.05) is 5.92 Å². The number of hydrogen-bond acceptors (Lipinski definition) is 5. The third-order valence-corrected chi connectivity index (χ3v) is 4.76. The van der Waals surface area contributed by atoms with Crippen LogP contribution in [0.3, 0.4) is 0 Å². The molecular weight excluding hydrogens is 408 g/mol. The fraction of sp³-hybridized carbons (Fsp3) is 0.316. The number of hydrogen-bond donors (Lipinski definition) is 2. The van der Waals surface area contributed by atoms with Gasteiger partial charge in [-0.15, -0.1) is 0 Å². The number of carbonyl (C=O) groups is 1. The molecule has 0 unspecified atom stereocenters. The van der Waals surface area contributed by atoms with Crippen LogP contribution in [0.2, 0.25) is 0 Å². The van der Waals surface area contributed by atoms with Crippen molar-refractivity contribution in [2.75, 3.05) is 11.1 Å². The van der Waals surface area contributed by atoms with Gasteiger partial charge in [0.05, 0.1) is 12.2 Å². The summed E-state index contributed by atoms with van der Waals surface area (Å²) in [5, 5.41) is 2.15. The number of benzene rings is 1. The highest BCUT2D eigenvalue weighted by Gasteiger charge is 2.62. The van der Waals surface area contributed by atoms with Gasteiger partial charge >= 0.3 is 12.3 Å². The number of ether oxygens (including phenoxy) is 1. The zero-order valence-electron chi connectivity index (χ0n) is 15.2. The molecular formula is C19H14F4N4O3. The number of rotatable bonds is 2. The number of anilines is 2. The fourth-order valence-corrected chi connectivity index (χ4v) is 3.04. The lowest BCUT2D eigenvalue weighted by Gasteiger charge is -2.36. The minimum absolute atomic E-state index is 0.144. The zero-order valence-corrected chi connectivity index (χ0v) is 15.2. The van der Waals surface area contributed by atoms with E-state index in [0.717, 1.165) is 10.6 Å². The highest BCUT2D eigenvalue weighted by atomic mass is 19.4. The first-order valence-corrected chi connectivity index (χ1v) is 8.84. The first-order chi connectivity index (χ1) is 14.1. The van der Waals surface area contributed by atoms with Crippen molar-refractivity contribution in [1.82, 2.24) is 9.55 Å². The van der Waals surface area contributed by atoms with Gasteiger partial charge in [-0.05, 0) is 30.9 Å². The fourth-order valence-electron chi connectivity index (χ4n) is 3.04. The Morgan fingerprint density at radius 3 is 2.73 bits per heavy atom. The van der Waals surface area contributed by atoms with Crippen LogP contribution in [0.1, 0.15) is 24.0 Å². The molecule has 1 aliphatic heterocycles. The van der Waals surface area contributed by atoms with Crippen LogP contribution >= 0.6 is 0 Å². The molecule has 11 heteroatoms. The minimum atomic E-state index is -5.11.